The van der Waals surface area contributed by atoms with E-state index in [-0.39, 0.29) is 0 Å². The van der Waals surface area contributed by atoms with Crippen molar-refractivity contribution < 1.29 is 8.42 Å². The van der Waals surface area contributed by atoms with E-state index in [0.29, 0.717) is 18.0 Å². The van der Waals surface area contributed by atoms with Gasteiger partial charge in [0.15, 0.2) is 0 Å². The van der Waals surface area contributed by atoms with E-state index in [1.54, 1.807) is 16.4 Å². The normalized spacial score (nSPS) is 17.8. The Morgan fingerprint density at radius 1 is 1.00 bits per heavy atom. The molecule has 1 heterocycles. The summed E-state index contributed by atoms with van der Waals surface area (Å²) in [6.45, 7) is 7.00. The van der Waals surface area contributed by atoms with Crippen LogP contribution in [0.25, 0.3) is 0 Å². The van der Waals surface area contributed by atoms with Crippen molar-refractivity contribution in [3.05, 3.63) is 101 Å². The molecule has 1 aliphatic heterocycles. The van der Waals surface area contributed by atoms with Crippen molar-refractivity contribution in [2.75, 3.05) is 13.1 Å². The molecule has 2 aliphatic rings. The lowest BCUT2D eigenvalue weighted by atomic mass is 9.91. The van der Waals surface area contributed by atoms with Crippen molar-refractivity contribution >= 4 is 10.0 Å². The average Bonchev–Trinajstić information content (AvgIpc) is 3.04. The highest BCUT2D eigenvalue weighted by Crippen LogP contribution is 2.38. The van der Waals surface area contributed by atoms with Crippen molar-refractivity contribution in [3.8, 4) is 0 Å². The number of aryl methyl sites for hydroxylation is 1. The molecular weight excluding hydrogens is 354 g/mol. The number of rotatable bonds is 4. The molecule has 0 N–H and O–H groups in total. The van der Waals surface area contributed by atoms with Crippen LogP contribution >= 0.6 is 0 Å². The molecule has 4 heteroatoms. The summed E-state index contributed by atoms with van der Waals surface area (Å²) >= 11 is 0. The van der Waals surface area contributed by atoms with E-state index < -0.39 is 10.0 Å². The molecule has 0 spiro atoms. The molecule has 0 bridgehead atoms. The molecule has 0 aromatic heterocycles. The van der Waals surface area contributed by atoms with Gasteiger partial charge in [-0.15, -0.1) is 0 Å². The summed E-state index contributed by atoms with van der Waals surface area (Å²) in [4.78, 5) is 0.355. The van der Waals surface area contributed by atoms with Gasteiger partial charge in [0, 0.05) is 13.1 Å². The summed E-state index contributed by atoms with van der Waals surface area (Å²) in [7, 11) is -3.53. The van der Waals surface area contributed by atoms with Crippen molar-refractivity contribution in [2.45, 2.75) is 24.7 Å². The van der Waals surface area contributed by atoms with Gasteiger partial charge in [0.05, 0.1) is 4.90 Å². The second kappa shape index (κ2) is 6.95. The van der Waals surface area contributed by atoms with Gasteiger partial charge in [-0.25, -0.2) is 8.42 Å². The molecule has 138 valence electrons. The molecule has 1 aliphatic carbocycles. The van der Waals surface area contributed by atoms with Crippen LogP contribution in [0.3, 0.4) is 0 Å². The Kier molecular flexibility index (Phi) is 4.62. The third-order valence-electron chi connectivity index (χ3n) is 5.26. The molecule has 0 fully saturated rings. The fourth-order valence-corrected chi connectivity index (χ4v) is 5.26. The maximum Gasteiger partial charge on any atom is 0.243 e. The molecule has 0 saturated carbocycles. The third-order valence-corrected chi connectivity index (χ3v) is 7.06. The lowest BCUT2D eigenvalue weighted by molar-refractivity contribution is 0.449. The number of sulfonamides is 1. The predicted molar refractivity (Wildman–Crippen MR) is 109 cm³/mol. The molecular formula is C23H23NO2S. The topological polar surface area (TPSA) is 37.4 Å². The van der Waals surface area contributed by atoms with Gasteiger partial charge in [-0.3, -0.25) is 0 Å². The van der Waals surface area contributed by atoms with Crippen LogP contribution in [-0.4, -0.2) is 25.8 Å². The van der Waals surface area contributed by atoms with Crippen LogP contribution in [0.4, 0.5) is 0 Å². The van der Waals surface area contributed by atoms with E-state index >= 15 is 0 Å². The minimum Gasteiger partial charge on any atom is -0.207 e. The molecule has 0 amide bonds. The minimum absolute atomic E-state index is 0.355. The smallest absolute Gasteiger partial charge is 0.207 e. The Morgan fingerprint density at radius 2 is 1.70 bits per heavy atom. The SMILES string of the molecule is C=C1CC=C2CN(S(=O)(=O)c3ccc(C)cc3)CC(Cc3ccccc3)=C12. The highest BCUT2D eigenvalue weighted by atomic mass is 32.2. The maximum absolute atomic E-state index is 13.2. The first-order valence-corrected chi connectivity index (χ1v) is 10.6. The van der Waals surface area contributed by atoms with E-state index in [1.165, 1.54) is 11.1 Å². The zero-order chi connectivity index (χ0) is 19.0. The number of allylic oxidation sites excluding steroid dienone is 2. The standard InChI is InChI=1S/C23H23NO2S/c1-17-8-12-22(13-9-17)27(25,26)24-15-20-11-10-18(2)23(20)21(16-24)14-19-6-4-3-5-7-19/h3-9,11-13H,2,10,14-16H2,1H3. The number of fused-ring (bicyclic) bond motifs is 1. The van der Waals surface area contributed by atoms with Gasteiger partial charge in [-0.05, 0) is 59.8 Å². The van der Waals surface area contributed by atoms with Crippen molar-refractivity contribution in [1.82, 2.24) is 4.31 Å². The van der Waals surface area contributed by atoms with E-state index in [9.17, 15) is 8.42 Å². The van der Waals surface area contributed by atoms with E-state index in [0.717, 1.165) is 35.1 Å². The Hall–Kier alpha value is -2.43. The highest BCUT2D eigenvalue weighted by Gasteiger charge is 2.34. The van der Waals surface area contributed by atoms with Gasteiger partial charge in [0.1, 0.15) is 0 Å². The molecule has 0 unspecified atom stereocenters. The monoisotopic (exact) mass is 377 g/mol. The summed E-state index contributed by atoms with van der Waals surface area (Å²) in [6, 6.07) is 17.3. The number of hydrogen-bond acceptors (Lipinski definition) is 2. The van der Waals surface area contributed by atoms with Gasteiger partial charge in [-0.2, -0.15) is 4.31 Å². The van der Waals surface area contributed by atoms with Crippen molar-refractivity contribution in [1.29, 1.82) is 0 Å². The largest absolute Gasteiger partial charge is 0.243 e. The summed E-state index contributed by atoms with van der Waals surface area (Å²) in [5.74, 6) is 0. The minimum atomic E-state index is -3.53. The van der Waals surface area contributed by atoms with Crippen molar-refractivity contribution in [3.63, 3.8) is 0 Å². The molecule has 2 aromatic rings. The zero-order valence-electron chi connectivity index (χ0n) is 15.5. The fourth-order valence-electron chi connectivity index (χ4n) is 3.85. The average molecular weight is 378 g/mol. The van der Waals surface area contributed by atoms with E-state index in [4.69, 9.17) is 0 Å². The van der Waals surface area contributed by atoms with Crippen LogP contribution in [0.15, 0.2) is 94.4 Å². The Morgan fingerprint density at radius 3 is 2.41 bits per heavy atom. The van der Waals surface area contributed by atoms with E-state index in [1.807, 2.05) is 37.3 Å². The predicted octanol–water partition coefficient (Wildman–Crippen LogP) is 4.42. The third kappa shape index (κ3) is 3.43. The van der Waals surface area contributed by atoms with Gasteiger partial charge in [-0.1, -0.05) is 60.7 Å². The molecule has 27 heavy (non-hydrogen) atoms. The quantitative estimate of drug-likeness (QED) is 0.791. The van der Waals surface area contributed by atoms with Gasteiger partial charge >= 0.3 is 0 Å². The molecule has 3 nitrogen and oxygen atoms in total. The van der Waals surface area contributed by atoms with Crippen LogP contribution in [-0.2, 0) is 16.4 Å². The molecule has 0 radical (unpaired) electrons. The van der Waals surface area contributed by atoms with Crippen molar-refractivity contribution in [2.24, 2.45) is 0 Å². The fraction of sp³-hybridized carbons (Fsp3) is 0.217. The van der Waals surface area contributed by atoms with Crippen LogP contribution < -0.4 is 0 Å². The summed E-state index contributed by atoms with van der Waals surface area (Å²) in [6.07, 6.45) is 3.67. The van der Waals surface area contributed by atoms with Gasteiger partial charge in [0.2, 0.25) is 10.0 Å². The molecule has 0 saturated heterocycles. The second-order valence-electron chi connectivity index (χ2n) is 7.26. The maximum atomic E-state index is 13.2. The summed E-state index contributed by atoms with van der Waals surface area (Å²) < 4.78 is 28.0. The molecule has 2 aromatic carbocycles. The second-order valence-corrected chi connectivity index (χ2v) is 9.20. The highest BCUT2D eigenvalue weighted by molar-refractivity contribution is 7.89. The molecule has 4 rings (SSSR count). The van der Waals surface area contributed by atoms with Crippen LogP contribution in [0.5, 0.6) is 0 Å². The Balaban J connectivity index is 1.71. The Labute approximate surface area is 161 Å². The van der Waals surface area contributed by atoms with Crippen LogP contribution in [0.1, 0.15) is 17.5 Å². The molecule has 0 atom stereocenters. The summed E-state index contributed by atoms with van der Waals surface area (Å²) in [5, 5.41) is 0. The lowest BCUT2D eigenvalue weighted by Gasteiger charge is -2.31. The first kappa shape index (κ1) is 18.0. The summed E-state index contributed by atoms with van der Waals surface area (Å²) in [5.41, 5.74) is 6.75. The van der Waals surface area contributed by atoms with E-state index in [2.05, 4.69) is 24.8 Å². The Bertz CT molecular complexity index is 1050. The first-order valence-electron chi connectivity index (χ1n) is 9.15. The van der Waals surface area contributed by atoms with Gasteiger partial charge < -0.3 is 0 Å². The lowest BCUT2D eigenvalue weighted by Crippen LogP contribution is -2.38. The number of nitrogens with zero attached hydrogens (tertiary/aromatic N) is 1. The van der Waals surface area contributed by atoms with Crippen LogP contribution in [0.2, 0.25) is 0 Å². The zero-order valence-corrected chi connectivity index (χ0v) is 16.3. The number of hydrogen-bond donors (Lipinski definition) is 0. The number of benzene rings is 2. The first-order chi connectivity index (χ1) is 12.9. The van der Waals surface area contributed by atoms with Gasteiger partial charge in [0.25, 0.3) is 0 Å². The van der Waals surface area contributed by atoms with Crippen LogP contribution in [0, 0.1) is 6.92 Å².